The van der Waals surface area contributed by atoms with Gasteiger partial charge in [0.2, 0.25) is 12.0 Å². The van der Waals surface area contributed by atoms with Crippen molar-refractivity contribution in [3.63, 3.8) is 0 Å². The van der Waals surface area contributed by atoms with Gasteiger partial charge in [0.15, 0.2) is 17.9 Å². The number of pyridine rings is 1. The van der Waals surface area contributed by atoms with Crippen LogP contribution in [0.25, 0.3) is 22.5 Å². The predicted octanol–water partition coefficient (Wildman–Crippen LogP) is 4.73. The maximum atomic E-state index is 6.70. The van der Waals surface area contributed by atoms with Crippen molar-refractivity contribution in [2.45, 2.75) is 24.6 Å². The van der Waals surface area contributed by atoms with Gasteiger partial charge in [-0.3, -0.25) is 0 Å². The Morgan fingerprint density at radius 2 is 1.70 bits per heavy atom. The number of nitrogens with zero attached hydrogens (tertiary/aromatic N) is 2. The first-order valence-electron chi connectivity index (χ1n) is 10.4. The molecule has 4 aromatic rings. The van der Waals surface area contributed by atoms with Crippen LogP contribution in [0, 0.1) is 0 Å². The number of benzene rings is 2. The van der Waals surface area contributed by atoms with Crippen molar-refractivity contribution in [2.24, 2.45) is 0 Å². The number of aromatic amines is 1. The standard InChI is InChI=1S/C26H22N3O/c1-2-9-22-25(19-11-4-3-10-18(19)21-13-7-8-15-28(21)22)26-29-17-27-16-23(29)20-12-5-6-14-24(20)30-26/h2-8,10-17,22,25-26H,1,9H2/q+1/p+1. The van der Waals surface area contributed by atoms with Crippen LogP contribution in [0.2, 0.25) is 0 Å². The highest BCUT2D eigenvalue weighted by atomic mass is 16.5. The molecule has 1 N–H and O–H groups in total. The Kier molecular flexibility index (Phi) is 3.85. The third-order valence-electron chi connectivity index (χ3n) is 6.37. The van der Waals surface area contributed by atoms with Crippen LogP contribution in [0.5, 0.6) is 5.75 Å². The van der Waals surface area contributed by atoms with Gasteiger partial charge in [0, 0.05) is 18.6 Å². The van der Waals surface area contributed by atoms with Crippen molar-refractivity contribution in [1.82, 2.24) is 4.98 Å². The summed E-state index contributed by atoms with van der Waals surface area (Å²) in [7, 11) is 0. The molecule has 4 heterocycles. The minimum atomic E-state index is -0.159. The van der Waals surface area contributed by atoms with Crippen LogP contribution in [0.4, 0.5) is 0 Å². The molecule has 3 atom stereocenters. The SMILES string of the molecule is C=CCC1C(C2Oc3ccccc3-c3c[nH]c[n+]32)c2ccccc2-c2cccc[n+]21. The van der Waals surface area contributed by atoms with Crippen molar-refractivity contribution < 1.29 is 13.9 Å². The maximum absolute atomic E-state index is 6.70. The molecule has 0 radical (unpaired) electrons. The van der Waals surface area contributed by atoms with Gasteiger partial charge in [0.05, 0.1) is 11.1 Å². The molecule has 0 fully saturated rings. The summed E-state index contributed by atoms with van der Waals surface area (Å²) >= 11 is 0. The smallest absolute Gasteiger partial charge is 0.256 e. The second kappa shape index (κ2) is 6.70. The summed E-state index contributed by atoms with van der Waals surface area (Å²) in [5, 5.41) is 0. The van der Waals surface area contributed by atoms with Gasteiger partial charge in [-0.25, -0.2) is 4.98 Å². The molecule has 146 valence electrons. The highest BCUT2D eigenvalue weighted by molar-refractivity contribution is 5.66. The third kappa shape index (κ3) is 2.40. The lowest BCUT2D eigenvalue weighted by Crippen LogP contribution is -2.56. The van der Waals surface area contributed by atoms with E-state index in [1.54, 1.807) is 0 Å². The average Bonchev–Trinajstić information content (AvgIpc) is 3.30. The third-order valence-corrected chi connectivity index (χ3v) is 6.37. The minimum absolute atomic E-state index is 0.131. The molecule has 0 aliphatic carbocycles. The van der Waals surface area contributed by atoms with E-state index in [2.05, 4.69) is 93.8 Å². The molecular formula is C26H23N3O+2. The zero-order chi connectivity index (χ0) is 20.1. The zero-order valence-electron chi connectivity index (χ0n) is 16.6. The summed E-state index contributed by atoms with van der Waals surface area (Å²) in [4.78, 5) is 3.30. The van der Waals surface area contributed by atoms with Gasteiger partial charge in [-0.1, -0.05) is 36.4 Å². The van der Waals surface area contributed by atoms with Crippen molar-refractivity contribution in [3.05, 3.63) is 104 Å². The predicted molar refractivity (Wildman–Crippen MR) is 115 cm³/mol. The summed E-state index contributed by atoms with van der Waals surface area (Å²) in [6.07, 6.45) is 9.00. The van der Waals surface area contributed by atoms with Crippen LogP contribution in [0.15, 0.2) is 98.1 Å². The number of para-hydroxylation sites is 1. The van der Waals surface area contributed by atoms with E-state index in [-0.39, 0.29) is 18.2 Å². The molecular weight excluding hydrogens is 370 g/mol. The Labute approximate surface area is 175 Å². The Bertz CT molecular complexity index is 1260. The monoisotopic (exact) mass is 393 g/mol. The number of hydrogen-bond acceptors (Lipinski definition) is 1. The van der Waals surface area contributed by atoms with Crippen molar-refractivity contribution in [1.29, 1.82) is 0 Å². The fourth-order valence-electron chi connectivity index (χ4n) is 5.13. The molecule has 3 unspecified atom stereocenters. The Morgan fingerprint density at radius 3 is 2.60 bits per heavy atom. The zero-order valence-corrected chi connectivity index (χ0v) is 16.6. The molecule has 2 aliphatic rings. The number of hydrogen-bond donors (Lipinski definition) is 1. The van der Waals surface area contributed by atoms with Gasteiger partial charge in [-0.2, -0.15) is 9.13 Å². The number of aromatic nitrogens is 3. The maximum Gasteiger partial charge on any atom is 0.256 e. The number of H-pyrrole nitrogens is 1. The molecule has 0 bridgehead atoms. The normalized spacial score (nSPS) is 20.9. The van der Waals surface area contributed by atoms with E-state index in [9.17, 15) is 0 Å². The quantitative estimate of drug-likeness (QED) is 0.396. The van der Waals surface area contributed by atoms with E-state index in [0.29, 0.717) is 0 Å². The van der Waals surface area contributed by atoms with Crippen LogP contribution >= 0.6 is 0 Å². The van der Waals surface area contributed by atoms with Gasteiger partial charge in [-0.05, 0) is 29.8 Å². The van der Waals surface area contributed by atoms with Crippen molar-refractivity contribution in [3.8, 4) is 28.3 Å². The summed E-state index contributed by atoms with van der Waals surface area (Å²) in [6, 6.07) is 23.6. The van der Waals surface area contributed by atoms with E-state index >= 15 is 0 Å². The van der Waals surface area contributed by atoms with Crippen LogP contribution in [-0.4, -0.2) is 4.98 Å². The molecule has 0 amide bonds. The molecule has 4 heteroatoms. The highest BCUT2D eigenvalue weighted by Gasteiger charge is 2.49. The summed E-state index contributed by atoms with van der Waals surface area (Å²) in [6.45, 7) is 4.07. The molecule has 0 saturated carbocycles. The number of rotatable bonds is 3. The van der Waals surface area contributed by atoms with Gasteiger partial charge < -0.3 is 4.74 Å². The molecule has 2 aliphatic heterocycles. The second-order valence-electron chi connectivity index (χ2n) is 7.94. The number of ether oxygens (including phenoxy) is 1. The lowest BCUT2D eigenvalue weighted by Gasteiger charge is -2.35. The van der Waals surface area contributed by atoms with Gasteiger partial charge in [-0.15, -0.1) is 6.58 Å². The van der Waals surface area contributed by atoms with Gasteiger partial charge in [0.25, 0.3) is 6.23 Å². The Hall–Kier alpha value is -3.66. The van der Waals surface area contributed by atoms with Crippen LogP contribution in [0.3, 0.4) is 0 Å². The molecule has 0 spiro atoms. The van der Waals surface area contributed by atoms with Crippen molar-refractivity contribution in [2.75, 3.05) is 0 Å². The Morgan fingerprint density at radius 1 is 0.900 bits per heavy atom. The highest BCUT2D eigenvalue weighted by Crippen LogP contribution is 2.47. The summed E-state index contributed by atoms with van der Waals surface area (Å²) in [5.41, 5.74) is 6.10. The summed E-state index contributed by atoms with van der Waals surface area (Å²) in [5.74, 6) is 1.06. The molecule has 2 aromatic heterocycles. The topological polar surface area (TPSA) is 32.8 Å². The lowest BCUT2D eigenvalue weighted by molar-refractivity contribution is -0.775. The molecule has 0 saturated heterocycles. The van der Waals surface area contributed by atoms with E-state index in [4.69, 9.17) is 4.74 Å². The number of allylic oxidation sites excluding steroid dienone is 1. The van der Waals surface area contributed by atoms with Crippen LogP contribution < -0.4 is 13.9 Å². The largest absolute Gasteiger partial charge is 0.450 e. The lowest BCUT2D eigenvalue weighted by atomic mass is 9.80. The first-order chi connectivity index (χ1) is 14.9. The fourth-order valence-corrected chi connectivity index (χ4v) is 5.13. The first kappa shape index (κ1) is 17.2. The number of nitrogens with one attached hydrogen (secondary N) is 1. The molecule has 30 heavy (non-hydrogen) atoms. The van der Waals surface area contributed by atoms with Gasteiger partial charge >= 0.3 is 0 Å². The van der Waals surface area contributed by atoms with E-state index in [1.807, 2.05) is 18.5 Å². The number of fused-ring (bicyclic) bond motifs is 6. The number of imidazole rings is 1. The average molecular weight is 393 g/mol. The van der Waals surface area contributed by atoms with Crippen molar-refractivity contribution >= 4 is 0 Å². The Balaban J connectivity index is 1.58. The molecule has 2 aromatic carbocycles. The second-order valence-corrected chi connectivity index (χ2v) is 7.94. The summed E-state index contributed by atoms with van der Waals surface area (Å²) < 4.78 is 11.3. The van der Waals surface area contributed by atoms with E-state index in [1.165, 1.54) is 16.8 Å². The van der Waals surface area contributed by atoms with E-state index in [0.717, 1.165) is 23.4 Å². The van der Waals surface area contributed by atoms with Crippen LogP contribution in [-0.2, 0) is 0 Å². The molecule has 4 nitrogen and oxygen atoms in total. The minimum Gasteiger partial charge on any atom is -0.450 e. The molecule has 6 rings (SSSR count). The van der Waals surface area contributed by atoms with Crippen LogP contribution in [0.1, 0.15) is 30.2 Å². The first-order valence-corrected chi connectivity index (χ1v) is 10.4. The fraction of sp³-hybridized carbons (Fsp3) is 0.154. The van der Waals surface area contributed by atoms with Gasteiger partial charge in [0.1, 0.15) is 17.9 Å². The van der Waals surface area contributed by atoms with E-state index < -0.39 is 0 Å².